The Hall–Kier alpha value is -0.860. The van der Waals surface area contributed by atoms with Gasteiger partial charge >= 0.3 is 0 Å². The smallest absolute Gasteiger partial charge is 0.0621 e. The Morgan fingerprint density at radius 3 is 2.40 bits per heavy atom. The number of aliphatic hydroxyl groups is 1. The van der Waals surface area contributed by atoms with E-state index in [1.165, 1.54) is 12.0 Å². The van der Waals surface area contributed by atoms with E-state index in [2.05, 4.69) is 35.2 Å². The molecule has 15 heavy (non-hydrogen) atoms. The Bertz CT molecular complexity index is 326. The second-order valence-electron chi connectivity index (χ2n) is 4.93. The molecule has 1 aromatic rings. The van der Waals surface area contributed by atoms with Gasteiger partial charge in [0, 0.05) is 19.6 Å². The molecule has 2 aliphatic heterocycles. The average Bonchev–Trinajstić information content (AvgIpc) is 2.30. The zero-order chi connectivity index (χ0) is 10.3. The van der Waals surface area contributed by atoms with Crippen molar-refractivity contribution in [3.63, 3.8) is 0 Å². The Kier molecular flexibility index (Phi) is 2.26. The van der Waals surface area contributed by atoms with Crippen molar-refractivity contribution >= 4 is 0 Å². The number of hydrogen-bond donors (Lipinski definition) is 1. The Morgan fingerprint density at radius 1 is 1.13 bits per heavy atom. The fraction of sp³-hybridized carbons (Fsp3) is 0.538. The van der Waals surface area contributed by atoms with Crippen LogP contribution in [0.1, 0.15) is 12.0 Å². The van der Waals surface area contributed by atoms with Crippen molar-refractivity contribution in [2.75, 3.05) is 13.1 Å². The summed E-state index contributed by atoms with van der Waals surface area (Å²) in [7, 11) is 0. The third-order valence-corrected chi connectivity index (χ3v) is 3.81. The van der Waals surface area contributed by atoms with Crippen molar-refractivity contribution in [2.24, 2.45) is 11.8 Å². The van der Waals surface area contributed by atoms with Gasteiger partial charge < -0.3 is 5.11 Å². The van der Waals surface area contributed by atoms with E-state index in [9.17, 15) is 5.11 Å². The van der Waals surface area contributed by atoms with Gasteiger partial charge in [0.1, 0.15) is 0 Å². The van der Waals surface area contributed by atoms with Gasteiger partial charge in [-0.3, -0.25) is 4.90 Å². The van der Waals surface area contributed by atoms with Gasteiger partial charge in [0.25, 0.3) is 0 Å². The second-order valence-corrected chi connectivity index (χ2v) is 4.93. The summed E-state index contributed by atoms with van der Waals surface area (Å²) >= 11 is 0. The van der Waals surface area contributed by atoms with Crippen molar-refractivity contribution in [2.45, 2.75) is 19.1 Å². The molecule has 2 nitrogen and oxygen atoms in total. The van der Waals surface area contributed by atoms with Crippen LogP contribution in [0.25, 0.3) is 0 Å². The molecule has 0 aromatic heterocycles. The average molecular weight is 203 g/mol. The van der Waals surface area contributed by atoms with Crippen molar-refractivity contribution in [3.05, 3.63) is 35.9 Å². The minimum absolute atomic E-state index is 0.00276. The van der Waals surface area contributed by atoms with Crippen LogP contribution in [0.4, 0.5) is 0 Å². The van der Waals surface area contributed by atoms with E-state index in [0.29, 0.717) is 11.8 Å². The number of fused-ring (bicyclic) bond motifs is 2. The first-order valence-electron chi connectivity index (χ1n) is 5.77. The van der Waals surface area contributed by atoms with Crippen LogP contribution in [0.15, 0.2) is 30.3 Å². The number of piperidine rings is 2. The molecule has 1 aliphatic carbocycles. The molecule has 3 aliphatic rings. The van der Waals surface area contributed by atoms with Crippen molar-refractivity contribution < 1.29 is 5.11 Å². The summed E-state index contributed by atoms with van der Waals surface area (Å²) in [5.41, 5.74) is 1.38. The normalized spacial score (nSPS) is 34.9. The topological polar surface area (TPSA) is 23.5 Å². The van der Waals surface area contributed by atoms with E-state index < -0.39 is 0 Å². The van der Waals surface area contributed by atoms with E-state index in [0.717, 1.165) is 19.6 Å². The zero-order valence-electron chi connectivity index (χ0n) is 8.84. The van der Waals surface area contributed by atoms with Gasteiger partial charge in [-0.2, -0.15) is 0 Å². The standard InChI is InChI=1S/C13H17NO/c15-13-11-6-12(13)9-14(8-11)7-10-4-2-1-3-5-10/h1-5,11-13,15H,6-9H2/t11-,12+,13+. The highest BCUT2D eigenvalue weighted by Gasteiger charge is 2.45. The van der Waals surface area contributed by atoms with E-state index in [1.54, 1.807) is 0 Å². The summed E-state index contributed by atoms with van der Waals surface area (Å²) in [6, 6.07) is 10.6. The quantitative estimate of drug-likeness (QED) is 0.787. The SMILES string of the molecule is O[C@H]1[C@@H]2C[C@H]1CN(Cc1ccccc1)C2. The van der Waals surface area contributed by atoms with Crippen LogP contribution >= 0.6 is 0 Å². The van der Waals surface area contributed by atoms with Gasteiger partial charge in [0.15, 0.2) is 0 Å². The van der Waals surface area contributed by atoms with Gasteiger partial charge in [-0.15, -0.1) is 0 Å². The number of benzene rings is 1. The second kappa shape index (κ2) is 3.62. The number of rotatable bonds is 2. The molecule has 1 aromatic carbocycles. The Morgan fingerprint density at radius 2 is 1.80 bits per heavy atom. The fourth-order valence-electron chi connectivity index (χ4n) is 2.93. The molecule has 4 rings (SSSR count). The number of hydrogen-bond acceptors (Lipinski definition) is 2. The first-order chi connectivity index (χ1) is 7.33. The maximum Gasteiger partial charge on any atom is 0.0621 e. The first-order valence-corrected chi connectivity index (χ1v) is 5.77. The first kappa shape index (κ1) is 9.37. The summed E-state index contributed by atoms with van der Waals surface area (Å²) < 4.78 is 0. The lowest BCUT2D eigenvalue weighted by atomic mass is 9.68. The summed E-state index contributed by atoms with van der Waals surface area (Å²) in [4.78, 5) is 2.47. The molecule has 2 saturated heterocycles. The zero-order valence-corrected chi connectivity index (χ0v) is 8.84. The summed E-state index contributed by atoms with van der Waals surface area (Å²) in [5.74, 6) is 1.10. The summed E-state index contributed by atoms with van der Waals surface area (Å²) in [6.07, 6.45) is 1.24. The molecular weight excluding hydrogens is 186 g/mol. The monoisotopic (exact) mass is 203 g/mol. The molecule has 0 unspecified atom stereocenters. The largest absolute Gasteiger partial charge is 0.392 e. The van der Waals surface area contributed by atoms with Gasteiger partial charge in [0.2, 0.25) is 0 Å². The van der Waals surface area contributed by atoms with Gasteiger partial charge in [0.05, 0.1) is 6.10 Å². The van der Waals surface area contributed by atoms with Crippen LogP contribution < -0.4 is 0 Å². The van der Waals surface area contributed by atoms with Crippen LogP contribution in [0.2, 0.25) is 0 Å². The maximum absolute atomic E-state index is 9.68. The third kappa shape index (κ3) is 1.68. The van der Waals surface area contributed by atoms with E-state index >= 15 is 0 Å². The van der Waals surface area contributed by atoms with Crippen molar-refractivity contribution in [1.29, 1.82) is 0 Å². The third-order valence-electron chi connectivity index (χ3n) is 3.81. The Balaban J connectivity index is 1.62. The van der Waals surface area contributed by atoms with Gasteiger partial charge in [-0.05, 0) is 23.8 Å². The molecule has 2 heterocycles. The molecular formula is C13H17NO. The van der Waals surface area contributed by atoms with Gasteiger partial charge in [-0.1, -0.05) is 30.3 Å². The summed E-state index contributed by atoms with van der Waals surface area (Å²) in [6.45, 7) is 3.19. The molecule has 0 amide bonds. The minimum atomic E-state index is -0.00276. The van der Waals surface area contributed by atoms with Crippen molar-refractivity contribution in [3.8, 4) is 0 Å². The van der Waals surface area contributed by atoms with Crippen LogP contribution in [-0.4, -0.2) is 29.2 Å². The lowest BCUT2D eigenvalue weighted by Crippen LogP contribution is -2.57. The maximum atomic E-state index is 9.68. The van der Waals surface area contributed by atoms with E-state index in [4.69, 9.17) is 0 Å². The highest BCUT2D eigenvalue weighted by molar-refractivity contribution is 5.15. The van der Waals surface area contributed by atoms with Crippen LogP contribution in [-0.2, 0) is 6.54 Å². The number of nitrogens with zero attached hydrogens (tertiary/aromatic N) is 1. The van der Waals surface area contributed by atoms with Crippen molar-refractivity contribution in [1.82, 2.24) is 4.90 Å². The molecule has 2 bridgehead atoms. The molecule has 1 N–H and O–H groups in total. The predicted molar refractivity (Wildman–Crippen MR) is 59.3 cm³/mol. The summed E-state index contributed by atoms with van der Waals surface area (Å²) in [5, 5.41) is 9.68. The molecule has 1 saturated carbocycles. The number of aliphatic hydroxyl groups excluding tert-OH is 1. The van der Waals surface area contributed by atoms with E-state index in [-0.39, 0.29) is 6.10 Å². The van der Waals surface area contributed by atoms with E-state index in [1.807, 2.05) is 0 Å². The molecule has 0 radical (unpaired) electrons. The highest BCUT2D eigenvalue weighted by Crippen LogP contribution is 2.40. The predicted octanol–water partition coefficient (Wildman–Crippen LogP) is 1.50. The van der Waals surface area contributed by atoms with Crippen LogP contribution in [0.5, 0.6) is 0 Å². The molecule has 3 fully saturated rings. The molecule has 80 valence electrons. The van der Waals surface area contributed by atoms with Crippen LogP contribution in [0, 0.1) is 11.8 Å². The lowest BCUT2D eigenvalue weighted by Gasteiger charge is -2.51. The minimum Gasteiger partial charge on any atom is -0.392 e. The molecule has 0 spiro atoms. The fourth-order valence-corrected chi connectivity index (χ4v) is 2.93. The molecule has 3 atom stereocenters. The van der Waals surface area contributed by atoms with Crippen LogP contribution in [0.3, 0.4) is 0 Å². The molecule has 2 heteroatoms. The lowest BCUT2D eigenvalue weighted by molar-refractivity contribution is -0.109. The highest BCUT2D eigenvalue weighted by atomic mass is 16.3. The van der Waals surface area contributed by atoms with Gasteiger partial charge in [-0.25, -0.2) is 0 Å². The Labute approximate surface area is 90.5 Å².